The number of pyridine rings is 1. The maximum Gasteiger partial charge on any atom is 0.272 e. The number of amides is 2. The third kappa shape index (κ3) is 3.78. The van der Waals surface area contributed by atoms with Gasteiger partial charge in [0.05, 0.1) is 27.8 Å². The first-order valence-electron chi connectivity index (χ1n) is 11.0. The second kappa shape index (κ2) is 7.66. The highest BCUT2D eigenvalue weighted by Gasteiger charge is 2.60. The number of rotatable bonds is 7. The van der Waals surface area contributed by atoms with Gasteiger partial charge in [0.25, 0.3) is 11.8 Å². The lowest BCUT2D eigenvalue weighted by Gasteiger charge is -2.28. The van der Waals surface area contributed by atoms with Crippen molar-refractivity contribution in [3.8, 4) is 6.07 Å². The molecule has 3 aliphatic rings. The first kappa shape index (κ1) is 21.6. The van der Waals surface area contributed by atoms with Crippen molar-refractivity contribution in [3.63, 3.8) is 0 Å². The van der Waals surface area contributed by atoms with Crippen LogP contribution in [0.1, 0.15) is 69.9 Å². The number of nitriles is 1. The zero-order valence-electron chi connectivity index (χ0n) is 18.2. The van der Waals surface area contributed by atoms with E-state index in [0.717, 1.165) is 12.8 Å². The van der Waals surface area contributed by atoms with E-state index in [0.29, 0.717) is 48.2 Å². The van der Waals surface area contributed by atoms with Gasteiger partial charge < -0.3 is 10.6 Å². The van der Waals surface area contributed by atoms with E-state index in [1.54, 1.807) is 19.2 Å². The Morgan fingerprint density at radius 3 is 2.73 bits per heavy atom. The minimum absolute atomic E-state index is 0.147. The Kier molecular flexibility index (Phi) is 5.01. The molecule has 0 bridgehead atoms. The number of fused-ring (bicyclic) bond motifs is 1. The fourth-order valence-electron chi connectivity index (χ4n) is 4.68. The molecule has 5 rings (SSSR count). The average Bonchev–Trinajstić information content (AvgIpc) is 3.71. The van der Waals surface area contributed by atoms with E-state index in [9.17, 15) is 18.0 Å². The van der Waals surface area contributed by atoms with Crippen molar-refractivity contribution in [3.05, 3.63) is 46.5 Å². The van der Waals surface area contributed by atoms with Gasteiger partial charge in [-0.3, -0.25) is 19.3 Å². The van der Waals surface area contributed by atoms with E-state index in [-0.39, 0.29) is 29.4 Å². The van der Waals surface area contributed by atoms with Crippen LogP contribution in [0.5, 0.6) is 0 Å². The molecular formula is C22H24N6O4S. The molecule has 0 saturated heterocycles. The van der Waals surface area contributed by atoms with Crippen molar-refractivity contribution in [1.82, 2.24) is 25.4 Å². The maximum absolute atomic E-state index is 12.9. The maximum atomic E-state index is 12.9. The van der Waals surface area contributed by atoms with E-state index in [4.69, 9.17) is 5.26 Å². The van der Waals surface area contributed by atoms with Gasteiger partial charge in [-0.25, -0.2) is 8.42 Å². The van der Waals surface area contributed by atoms with Crippen LogP contribution in [0.2, 0.25) is 0 Å². The molecule has 33 heavy (non-hydrogen) atoms. The Labute approximate surface area is 191 Å². The van der Waals surface area contributed by atoms with Crippen molar-refractivity contribution in [1.29, 1.82) is 5.26 Å². The van der Waals surface area contributed by atoms with Crippen LogP contribution < -0.4 is 10.6 Å². The molecule has 2 aromatic rings. The summed E-state index contributed by atoms with van der Waals surface area (Å²) in [4.78, 5) is 29.8. The van der Waals surface area contributed by atoms with Crippen LogP contribution in [0.25, 0.3) is 0 Å². The monoisotopic (exact) mass is 468 g/mol. The fraction of sp³-hybridized carbons (Fsp3) is 0.500. The lowest BCUT2D eigenvalue weighted by molar-refractivity contribution is 0.0912. The summed E-state index contributed by atoms with van der Waals surface area (Å²) < 4.78 is 26.5. The Morgan fingerprint density at radius 2 is 2.12 bits per heavy atom. The summed E-state index contributed by atoms with van der Waals surface area (Å²) in [5, 5.41) is 18.6. The molecule has 2 amide bonds. The lowest BCUT2D eigenvalue weighted by atomic mass is 9.94. The first-order valence-corrected chi connectivity index (χ1v) is 12.5. The van der Waals surface area contributed by atoms with Gasteiger partial charge in [0.2, 0.25) is 0 Å². The van der Waals surface area contributed by atoms with Gasteiger partial charge in [-0.05, 0) is 50.7 Å². The highest BCUT2D eigenvalue weighted by Crippen LogP contribution is 2.53. The molecule has 10 nitrogen and oxygen atoms in total. The van der Waals surface area contributed by atoms with Crippen LogP contribution in [0.15, 0.2) is 18.3 Å². The minimum atomic E-state index is -3.19. The van der Waals surface area contributed by atoms with Gasteiger partial charge in [-0.2, -0.15) is 10.4 Å². The van der Waals surface area contributed by atoms with Gasteiger partial charge in [0.1, 0.15) is 11.8 Å². The summed E-state index contributed by atoms with van der Waals surface area (Å²) in [6.45, 7) is 0.147. The summed E-state index contributed by atoms with van der Waals surface area (Å²) in [7, 11) is -1.58. The molecule has 2 fully saturated rings. The highest BCUT2D eigenvalue weighted by atomic mass is 32.2. The summed E-state index contributed by atoms with van der Waals surface area (Å²) in [5.74, 6) is -0.776. The number of aromatic nitrogens is 3. The molecule has 1 unspecified atom stereocenters. The lowest BCUT2D eigenvalue weighted by Crippen LogP contribution is -2.46. The number of hydrogen-bond donors (Lipinski definition) is 2. The topological polar surface area (TPSA) is 147 Å². The van der Waals surface area contributed by atoms with Crippen molar-refractivity contribution in [2.75, 3.05) is 0 Å². The first-order chi connectivity index (χ1) is 15.7. The zero-order valence-corrected chi connectivity index (χ0v) is 19.0. The number of nitrogens with one attached hydrogen (secondary N) is 2. The normalized spacial score (nSPS) is 21.0. The molecule has 0 spiro atoms. The zero-order chi connectivity index (χ0) is 23.4. The van der Waals surface area contributed by atoms with Crippen LogP contribution in [0.3, 0.4) is 0 Å². The third-order valence-electron chi connectivity index (χ3n) is 6.74. The van der Waals surface area contributed by atoms with E-state index >= 15 is 0 Å². The molecule has 2 saturated carbocycles. The Bertz CT molecular complexity index is 1280. The number of sulfone groups is 1. The van der Waals surface area contributed by atoms with Crippen LogP contribution >= 0.6 is 0 Å². The molecule has 1 atom stereocenters. The Balaban J connectivity index is 1.33. The van der Waals surface area contributed by atoms with Crippen molar-refractivity contribution < 1.29 is 18.0 Å². The molecule has 0 radical (unpaired) electrons. The molecule has 3 heterocycles. The Hall–Kier alpha value is -3.26. The smallest absolute Gasteiger partial charge is 0.272 e. The van der Waals surface area contributed by atoms with Crippen LogP contribution in [0, 0.1) is 11.3 Å². The van der Waals surface area contributed by atoms with E-state index in [2.05, 4.69) is 20.7 Å². The molecule has 2 aromatic heterocycles. The van der Waals surface area contributed by atoms with Crippen LogP contribution in [-0.2, 0) is 29.9 Å². The van der Waals surface area contributed by atoms with Crippen LogP contribution in [-0.4, -0.2) is 51.0 Å². The van der Waals surface area contributed by atoms with Gasteiger partial charge in [-0.1, -0.05) is 0 Å². The highest BCUT2D eigenvalue weighted by molar-refractivity contribution is 7.94. The SMILES string of the molecule is Cn1nc(C(=O)NCc2ccc(C#N)cn2)c2c1C(=O)NC(CC1(S(=O)(=O)C3CC3)CC1)C2. The van der Waals surface area contributed by atoms with Gasteiger partial charge in [0.15, 0.2) is 15.5 Å². The standard InChI is InChI=1S/C22H24N6O4S/c1-28-19-17(18(27-28)20(29)25-12-14-3-2-13(10-23)11-24-14)8-15(26-21(19)30)9-22(6-7-22)33(31,32)16-4-5-16/h2-3,11,15-16H,4-9,12H2,1H3,(H,25,29)(H,26,30). The number of carbonyl (C=O) groups is 2. The number of nitrogens with zero attached hydrogens (tertiary/aromatic N) is 4. The molecular weight excluding hydrogens is 444 g/mol. The van der Waals surface area contributed by atoms with E-state index in [1.807, 2.05) is 6.07 Å². The molecule has 1 aliphatic heterocycles. The predicted octanol–water partition coefficient (Wildman–Crippen LogP) is 0.771. The molecule has 2 N–H and O–H groups in total. The molecule has 11 heteroatoms. The van der Waals surface area contributed by atoms with E-state index < -0.39 is 20.5 Å². The second-order valence-corrected chi connectivity index (χ2v) is 11.8. The summed E-state index contributed by atoms with van der Waals surface area (Å²) in [6.07, 6.45) is 4.87. The molecule has 172 valence electrons. The third-order valence-corrected chi connectivity index (χ3v) is 9.87. The largest absolute Gasteiger partial charge is 0.348 e. The number of aryl methyl sites for hydroxylation is 1. The van der Waals surface area contributed by atoms with Crippen molar-refractivity contribution in [2.45, 2.75) is 61.1 Å². The summed E-state index contributed by atoms with van der Waals surface area (Å²) in [6, 6.07) is 4.91. The number of carbonyl (C=O) groups excluding carboxylic acids is 2. The molecule has 2 aliphatic carbocycles. The Morgan fingerprint density at radius 1 is 1.36 bits per heavy atom. The fourth-order valence-corrected chi connectivity index (χ4v) is 7.25. The van der Waals surface area contributed by atoms with Gasteiger partial charge in [0, 0.05) is 24.8 Å². The van der Waals surface area contributed by atoms with Crippen molar-refractivity contribution in [2.24, 2.45) is 7.05 Å². The molecule has 0 aromatic carbocycles. The minimum Gasteiger partial charge on any atom is -0.348 e. The summed E-state index contributed by atoms with van der Waals surface area (Å²) >= 11 is 0. The predicted molar refractivity (Wildman–Crippen MR) is 117 cm³/mol. The van der Waals surface area contributed by atoms with Crippen molar-refractivity contribution >= 4 is 21.7 Å². The number of hydrogen-bond acceptors (Lipinski definition) is 7. The quantitative estimate of drug-likeness (QED) is 0.610. The van der Waals surface area contributed by atoms with E-state index in [1.165, 1.54) is 10.9 Å². The summed E-state index contributed by atoms with van der Waals surface area (Å²) in [5.41, 5.74) is 2.04. The van der Waals surface area contributed by atoms with Gasteiger partial charge in [-0.15, -0.1) is 0 Å². The average molecular weight is 469 g/mol. The van der Waals surface area contributed by atoms with Gasteiger partial charge >= 0.3 is 0 Å². The van der Waals surface area contributed by atoms with Crippen LogP contribution in [0.4, 0.5) is 0 Å². The second-order valence-electron chi connectivity index (χ2n) is 9.14.